The summed E-state index contributed by atoms with van der Waals surface area (Å²) in [6.07, 6.45) is 0. The molecule has 0 aliphatic carbocycles. The van der Waals surface area contributed by atoms with Gasteiger partial charge in [0.25, 0.3) is 0 Å². The second-order valence-electron chi connectivity index (χ2n) is 0.995. The van der Waals surface area contributed by atoms with Gasteiger partial charge in [-0.25, -0.2) is 0 Å². The lowest BCUT2D eigenvalue weighted by Gasteiger charge is -2.00. The number of carbonyl (C=O) groups is 1. The lowest BCUT2D eigenvalue weighted by molar-refractivity contribution is -0.304. The quantitative estimate of drug-likeness (QED) is 0.437. The van der Waals surface area contributed by atoms with E-state index in [4.69, 9.17) is 0 Å². The number of carbonyl (C=O) groups excluding carboxylic acids is 1. The predicted molar refractivity (Wildman–Crippen MR) is 23.5 cm³/mol. The van der Waals surface area contributed by atoms with Crippen molar-refractivity contribution in [3.63, 3.8) is 0 Å². The molecule has 0 saturated carbocycles. The highest BCUT2D eigenvalue weighted by molar-refractivity contribution is 7.81. The zero-order chi connectivity index (χ0) is 5.15. The van der Waals surface area contributed by atoms with Crippen LogP contribution in [-0.4, -0.2) is 11.2 Å². The molecule has 0 spiro atoms. The minimum Gasteiger partial charge on any atom is -0.549 e. The van der Waals surface area contributed by atoms with E-state index in [0.717, 1.165) is 0 Å². The summed E-state index contributed by atoms with van der Waals surface area (Å²) in [4.78, 5) is 9.51. The van der Waals surface area contributed by atoms with Gasteiger partial charge in [-0.3, -0.25) is 0 Å². The first-order valence-electron chi connectivity index (χ1n) is 1.53. The molecule has 0 unspecified atom stereocenters. The number of carboxylic acids is 1. The van der Waals surface area contributed by atoms with Crippen molar-refractivity contribution in [2.75, 3.05) is 0 Å². The van der Waals surface area contributed by atoms with Crippen LogP contribution in [0.1, 0.15) is 6.92 Å². The Morgan fingerprint density at radius 3 is 2.17 bits per heavy atom. The number of hydrogen-bond acceptors (Lipinski definition) is 3. The van der Waals surface area contributed by atoms with Crippen LogP contribution in [0.25, 0.3) is 0 Å². The van der Waals surface area contributed by atoms with Crippen LogP contribution < -0.4 is 5.11 Å². The fourth-order valence-corrected chi connectivity index (χ4v) is 0. The van der Waals surface area contributed by atoms with Crippen LogP contribution in [0.2, 0.25) is 0 Å². The van der Waals surface area contributed by atoms with Crippen molar-refractivity contribution in [2.45, 2.75) is 12.2 Å². The molecule has 0 radical (unpaired) electrons. The van der Waals surface area contributed by atoms with E-state index in [1.807, 2.05) is 0 Å². The molecule has 0 rings (SSSR count). The van der Waals surface area contributed by atoms with Gasteiger partial charge in [0.1, 0.15) is 0 Å². The van der Waals surface area contributed by atoms with Gasteiger partial charge >= 0.3 is 0 Å². The molecule has 0 saturated heterocycles. The summed E-state index contributed by atoms with van der Waals surface area (Å²) < 4.78 is 0. The Kier molecular flexibility index (Phi) is 2.01. The first-order valence-corrected chi connectivity index (χ1v) is 2.05. The fraction of sp³-hybridized carbons (Fsp3) is 0.667. The second-order valence-corrected chi connectivity index (χ2v) is 1.77. The zero-order valence-corrected chi connectivity index (χ0v) is 4.24. The average molecular weight is 105 g/mol. The molecule has 0 N–H and O–H groups in total. The minimum absolute atomic E-state index is 0.648. The van der Waals surface area contributed by atoms with E-state index >= 15 is 0 Å². The van der Waals surface area contributed by atoms with E-state index < -0.39 is 11.2 Å². The van der Waals surface area contributed by atoms with Crippen LogP contribution in [0.4, 0.5) is 0 Å². The molecule has 0 amide bonds. The van der Waals surface area contributed by atoms with E-state index in [1.54, 1.807) is 0 Å². The SMILES string of the molecule is C[C@@H](S)C(=O)[O-]. The average Bonchev–Trinajstić information content (AvgIpc) is 1.36. The van der Waals surface area contributed by atoms with Gasteiger partial charge < -0.3 is 9.90 Å². The lowest BCUT2D eigenvalue weighted by atomic mass is 10.5. The molecule has 1 atom stereocenters. The number of thiol groups is 1. The van der Waals surface area contributed by atoms with E-state index in [-0.39, 0.29) is 0 Å². The van der Waals surface area contributed by atoms with Crippen molar-refractivity contribution >= 4 is 18.6 Å². The van der Waals surface area contributed by atoms with Crippen LogP contribution >= 0.6 is 12.6 Å². The topological polar surface area (TPSA) is 40.1 Å². The van der Waals surface area contributed by atoms with E-state index in [2.05, 4.69) is 12.6 Å². The van der Waals surface area contributed by atoms with E-state index in [0.29, 0.717) is 0 Å². The fourth-order valence-electron chi connectivity index (χ4n) is 0. The van der Waals surface area contributed by atoms with Crippen LogP contribution in [0, 0.1) is 0 Å². The van der Waals surface area contributed by atoms with Gasteiger partial charge in [0, 0.05) is 5.25 Å². The van der Waals surface area contributed by atoms with E-state index in [1.165, 1.54) is 6.92 Å². The molecule has 0 aliphatic rings. The van der Waals surface area contributed by atoms with Crippen molar-refractivity contribution in [3.05, 3.63) is 0 Å². The van der Waals surface area contributed by atoms with Crippen LogP contribution in [0.5, 0.6) is 0 Å². The summed E-state index contributed by atoms with van der Waals surface area (Å²) in [5.74, 6) is -1.13. The monoisotopic (exact) mass is 105 g/mol. The molecular weight excluding hydrogens is 100 g/mol. The molecule has 0 aromatic rings. The van der Waals surface area contributed by atoms with Gasteiger partial charge in [-0.2, -0.15) is 12.6 Å². The Balaban J connectivity index is 3.26. The summed E-state index contributed by atoms with van der Waals surface area (Å²) in [5.41, 5.74) is 0. The number of aliphatic carboxylic acids is 1. The smallest absolute Gasteiger partial charge is 0.0539 e. The molecule has 2 nitrogen and oxygen atoms in total. The molecule has 0 bridgehead atoms. The summed E-state index contributed by atoms with van der Waals surface area (Å²) in [6.45, 7) is 1.44. The molecule has 0 heterocycles. The largest absolute Gasteiger partial charge is 0.549 e. The summed E-state index contributed by atoms with van der Waals surface area (Å²) >= 11 is 3.53. The first kappa shape index (κ1) is 5.82. The third-order valence-electron chi connectivity index (χ3n) is 0.341. The predicted octanol–water partition coefficient (Wildman–Crippen LogP) is -0.945. The van der Waals surface area contributed by atoms with Crippen LogP contribution in [0.15, 0.2) is 0 Å². The molecule has 0 fully saturated rings. The molecule has 36 valence electrons. The van der Waals surface area contributed by atoms with Crippen LogP contribution in [0.3, 0.4) is 0 Å². The Morgan fingerprint density at radius 2 is 2.17 bits per heavy atom. The highest BCUT2D eigenvalue weighted by atomic mass is 32.1. The molecular formula is C3H5O2S-. The maximum atomic E-state index is 9.51. The number of carboxylic acid groups (broad SMARTS) is 1. The summed E-state index contributed by atoms with van der Waals surface area (Å²) in [5, 5.41) is 8.86. The Hall–Kier alpha value is -0.180. The Morgan fingerprint density at radius 1 is 2.00 bits per heavy atom. The molecule has 3 heteroatoms. The number of hydrogen-bond donors (Lipinski definition) is 1. The van der Waals surface area contributed by atoms with Crippen LogP contribution in [-0.2, 0) is 4.79 Å². The molecule has 0 aliphatic heterocycles. The molecule has 0 aromatic heterocycles. The first-order chi connectivity index (χ1) is 2.64. The molecule has 6 heavy (non-hydrogen) atoms. The van der Waals surface area contributed by atoms with Gasteiger partial charge in [-0.15, -0.1) is 0 Å². The van der Waals surface area contributed by atoms with Crippen molar-refractivity contribution in [2.24, 2.45) is 0 Å². The zero-order valence-electron chi connectivity index (χ0n) is 3.34. The van der Waals surface area contributed by atoms with Gasteiger partial charge in [-0.1, -0.05) is 0 Å². The summed E-state index contributed by atoms with van der Waals surface area (Å²) in [6, 6.07) is 0. The third-order valence-corrected chi connectivity index (χ3v) is 0.552. The highest BCUT2D eigenvalue weighted by Crippen LogP contribution is 1.85. The normalized spacial score (nSPS) is 13.7. The highest BCUT2D eigenvalue weighted by Gasteiger charge is 1.88. The maximum absolute atomic E-state index is 9.51. The van der Waals surface area contributed by atoms with Gasteiger partial charge in [-0.05, 0) is 6.92 Å². The van der Waals surface area contributed by atoms with Crippen molar-refractivity contribution in [1.29, 1.82) is 0 Å². The lowest BCUT2D eigenvalue weighted by Crippen LogP contribution is -2.29. The van der Waals surface area contributed by atoms with Crippen molar-refractivity contribution in [3.8, 4) is 0 Å². The van der Waals surface area contributed by atoms with Crippen molar-refractivity contribution < 1.29 is 9.90 Å². The summed E-state index contributed by atoms with van der Waals surface area (Å²) in [7, 11) is 0. The Bertz CT molecular complexity index is 59.8. The van der Waals surface area contributed by atoms with E-state index in [9.17, 15) is 9.90 Å². The maximum Gasteiger partial charge on any atom is 0.0539 e. The van der Waals surface area contributed by atoms with Crippen molar-refractivity contribution in [1.82, 2.24) is 0 Å². The Labute approximate surface area is 41.6 Å². The third kappa shape index (κ3) is 2.08. The van der Waals surface area contributed by atoms with Gasteiger partial charge in [0.2, 0.25) is 0 Å². The minimum atomic E-state index is -1.13. The standard InChI is InChI=1S/C3H6O2S/c1-2(6)3(4)5/h2,6H,1H3,(H,4,5)/p-1/t2-/m1/s1. The molecule has 0 aromatic carbocycles. The second kappa shape index (κ2) is 2.08. The number of rotatable bonds is 1. The van der Waals surface area contributed by atoms with Gasteiger partial charge in [0.15, 0.2) is 0 Å². The van der Waals surface area contributed by atoms with Gasteiger partial charge in [0.05, 0.1) is 5.97 Å².